The van der Waals surface area contributed by atoms with E-state index in [0.717, 1.165) is 22.5 Å². The third-order valence-corrected chi connectivity index (χ3v) is 5.57. The van der Waals surface area contributed by atoms with E-state index in [1.807, 2.05) is 55.5 Å². The van der Waals surface area contributed by atoms with Crippen molar-refractivity contribution in [3.8, 4) is 0 Å². The predicted octanol–water partition coefficient (Wildman–Crippen LogP) is 2.88. The van der Waals surface area contributed by atoms with Crippen molar-refractivity contribution in [3.05, 3.63) is 59.7 Å². The van der Waals surface area contributed by atoms with Gasteiger partial charge in [-0.05, 0) is 24.6 Å². The quantitative estimate of drug-likeness (QED) is 0.881. The first-order valence-electron chi connectivity index (χ1n) is 7.08. The van der Waals surface area contributed by atoms with Crippen molar-refractivity contribution in [3.63, 3.8) is 0 Å². The number of fused-ring (bicyclic) bond motifs is 2. The number of carbonyl (C=O) groups is 2. The van der Waals surface area contributed by atoms with Crippen molar-refractivity contribution in [1.82, 2.24) is 0 Å². The smallest absolute Gasteiger partial charge is 0.266 e. The van der Waals surface area contributed by atoms with Crippen LogP contribution in [0.15, 0.2) is 48.5 Å². The van der Waals surface area contributed by atoms with Crippen LogP contribution in [-0.4, -0.2) is 17.6 Å². The number of benzene rings is 2. The molecular formula is C17H14N2O2S. The molecule has 1 N–H and O–H groups in total. The van der Waals surface area contributed by atoms with Crippen molar-refractivity contribution in [1.29, 1.82) is 0 Å². The summed E-state index contributed by atoms with van der Waals surface area (Å²) in [4.78, 5) is 26.0. The Bertz CT molecular complexity index is 805. The fourth-order valence-corrected chi connectivity index (χ4v) is 4.48. The molecule has 2 aliphatic rings. The molecule has 1 saturated heterocycles. The van der Waals surface area contributed by atoms with Crippen molar-refractivity contribution in [2.75, 3.05) is 16.0 Å². The predicted molar refractivity (Wildman–Crippen MR) is 87.9 cm³/mol. The highest BCUT2D eigenvalue weighted by molar-refractivity contribution is 8.02. The molecule has 2 aromatic rings. The van der Waals surface area contributed by atoms with Crippen LogP contribution in [0.25, 0.3) is 0 Å². The molecule has 2 heterocycles. The minimum Gasteiger partial charge on any atom is -0.323 e. The van der Waals surface area contributed by atoms with Crippen molar-refractivity contribution < 1.29 is 9.59 Å². The second-order valence-corrected chi connectivity index (χ2v) is 6.62. The zero-order chi connectivity index (χ0) is 15.3. The summed E-state index contributed by atoms with van der Waals surface area (Å²) in [5.74, 6) is 0.120. The number of rotatable bonds is 1. The summed E-state index contributed by atoms with van der Waals surface area (Å²) >= 11 is 1.39. The Labute approximate surface area is 132 Å². The summed E-state index contributed by atoms with van der Waals surface area (Å²) in [6, 6.07) is 15.3. The highest BCUT2D eigenvalue weighted by Gasteiger charge is 2.58. The van der Waals surface area contributed by atoms with Crippen LogP contribution in [0.3, 0.4) is 0 Å². The van der Waals surface area contributed by atoms with Crippen LogP contribution in [0.1, 0.15) is 11.1 Å². The minimum absolute atomic E-state index is 0.0360. The lowest BCUT2D eigenvalue weighted by Gasteiger charge is -2.33. The third kappa shape index (κ3) is 1.60. The van der Waals surface area contributed by atoms with E-state index in [2.05, 4.69) is 5.32 Å². The van der Waals surface area contributed by atoms with Gasteiger partial charge >= 0.3 is 0 Å². The highest BCUT2D eigenvalue weighted by atomic mass is 32.2. The molecule has 0 unspecified atom stereocenters. The fourth-order valence-electron chi connectivity index (χ4n) is 3.17. The normalized spacial score (nSPS) is 23.0. The maximum absolute atomic E-state index is 12.8. The molecule has 0 saturated carbocycles. The number of nitrogens with zero attached hydrogens (tertiary/aromatic N) is 1. The Balaban J connectivity index is 1.96. The van der Waals surface area contributed by atoms with Gasteiger partial charge in [0.2, 0.25) is 10.8 Å². The van der Waals surface area contributed by atoms with E-state index in [9.17, 15) is 9.59 Å². The lowest BCUT2D eigenvalue weighted by Crippen LogP contribution is -2.47. The molecule has 1 fully saturated rings. The monoisotopic (exact) mass is 310 g/mol. The molecule has 1 spiro atoms. The SMILES string of the molecule is Cc1ccccc1N1C(=O)CS[C@]12C(=O)Nc1ccccc12. The number of nitrogens with one attached hydrogen (secondary N) is 1. The summed E-state index contributed by atoms with van der Waals surface area (Å²) in [6.07, 6.45) is 0. The van der Waals surface area contributed by atoms with Gasteiger partial charge < -0.3 is 5.32 Å². The maximum atomic E-state index is 12.8. The molecule has 22 heavy (non-hydrogen) atoms. The number of para-hydroxylation sites is 2. The highest BCUT2D eigenvalue weighted by Crippen LogP contribution is 2.53. The van der Waals surface area contributed by atoms with E-state index in [4.69, 9.17) is 0 Å². The van der Waals surface area contributed by atoms with Crippen LogP contribution in [-0.2, 0) is 14.5 Å². The third-order valence-electron chi connectivity index (χ3n) is 4.17. The molecule has 5 heteroatoms. The molecule has 2 amide bonds. The first kappa shape index (κ1) is 13.4. The van der Waals surface area contributed by atoms with Gasteiger partial charge in [0.15, 0.2) is 0 Å². The van der Waals surface area contributed by atoms with Gasteiger partial charge in [-0.2, -0.15) is 0 Å². The van der Waals surface area contributed by atoms with E-state index in [-0.39, 0.29) is 11.8 Å². The van der Waals surface area contributed by atoms with Crippen LogP contribution < -0.4 is 10.2 Å². The van der Waals surface area contributed by atoms with Crippen LogP contribution in [0, 0.1) is 6.92 Å². The van der Waals surface area contributed by atoms with E-state index in [0.29, 0.717) is 5.75 Å². The lowest BCUT2D eigenvalue weighted by atomic mass is 10.0. The fraction of sp³-hybridized carbons (Fsp3) is 0.176. The number of hydrogen-bond donors (Lipinski definition) is 1. The summed E-state index contributed by atoms with van der Waals surface area (Å²) < 4.78 is 0. The van der Waals surface area contributed by atoms with Crippen LogP contribution >= 0.6 is 11.8 Å². The Kier molecular flexibility index (Phi) is 2.81. The first-order valence-corrected chi connectivity index (χ1v) is 8.07. The number of aryl methyl sites for hydroxylation is 1. The Morgan fingerprint density at radius 2 is 1.82 bits per heavy atom. The van der Waals surface area contributed by atoms with Gasteiger partial charge in [-0.1, -0.05) is 36.4 Å². The van der Waals surface area contributed by atoms with Gasteiger partial charge in [0.1, 0.15) is 0 Å². The number of amides is 2. The van der Waals surface area contributed by atoms with Crippen molar-refractivity contribution in [2.45, 2.75) is 11.8 Å². The largest absolute Gasteiger partial charge is 0.323 e. The zero-order valence-corrected chi connectivity index (χ0v) is 12.8. The van der Waals surface area contributed by atoms with E-state index < -0.39 is 4.87 Å². The second-order valence-electron chi connectivity index (χ2n) is 5.45. The molecule has 1 atom stereocenters. The average molecular weight is 310 g/mol. The standard InChI is InChI=1S/C17H14N2O2S/c1-11-6-2-5-9-14(11)19-15(20)10-22-17(19)12-7-3-4-8-13(12)18-16(17)21/h2-9H,10H2,1H3,(H,18,21)/t17-/m1/s1. The van der Waals surface area contributed by atoms with Crippen LogP contribution in [0.2, 0.25) is 0 Å². The molecular weight excluding hydrogens is 296 g/mol. The molecule has 0 radical (unpaired) electrons. The Hall–Kier alpha value is -2.27. The molecule has 4 rings (SSSR count). The number of carbonyl (C=O) groups excluding carboxylic acids is 2. The molecule has 110 valence electrons. The first-order chi connectivity index (χ1) is 10.6. The van der Waals surface area contributed by atoms with Crippen LogP contribution in [0.4, 0.5) is 11.4 Å². The molecule has 2 aromatic carbocycles. The van der Waals surface area contributed by atoms with Gasteiger partial charge in [0.05, 0.1) is 5.75 Å². The zero-order valence-electron chi connectivity index (χ0n) is 12.0. The van der Waals surface area contributed by atoms with Gasteiger partial charge in [0, 0.05) is 16.9 Å². The summed E-state index contributed by atoms with van der Waals surface area (Å²) in [6.45, 7) is 1.96. The van der Waals surface area contributed by atoms with E-state index >= 15 is 0 Å². The Morgan fingerprint density at radius 3 is 2.64 bits per heavy atom. The van der Waals surface area contributed by atoms with Crippen molar-refractivity contribution in [2.24, 2.45) is 0 Å². The van der Waals surface area contributed by atoms with Gasteiger partial charge in [-0.25, -0.2) is 0 Å². The van der Waals surface area contributed by atoms with Gasteiger partial charge in [0.25, 0.3) is 5.91 Å². The minimum atomic E-state index is -0.986. The number of hydrogen-bond acceptors (Lipinski definition) is 3. The molecule has 0 aromatic heterocycles. The molecule has 4 nitrogen and oxygen atoms in total. The van der Waals surface area contributed by atoms with E-state index in [1.54, 1.807) is 4.90 Å². The summed E-state index contributed by atoms with van der Waals surface area (Å²) in [7, 11) is 0. The van der Waals surface area contributed by atoms with Gasteiger partial charge in [-0.3, -0.25) is 14.5 Å². The van der Waals surface area contributed by atoms with E-state index in [1.165, 1.54) is 11.8 Å². The number of thioether (sulfide) groups is 1. The Morgan fingerprint density at radius 1 is 1.09 bits per heavy atom. The summed E-state index contributed by atoms with van der Waals surface area (Å²) in [5, 5.41) is 2.92. The van der Waals surface area contributed by atoms with Crippen LogP contribution in [0.5, 0.6) is 0 Å². The average Bonchev–Trinajstić information content (AvgIpc) is 3.00. The lowest BCUT2D eigenvalue weighted by molar-refractivity contribution is -0.122. The maximum Gasteiger partial charge on any atom is 0.266 e. The molecule has 2 aliphatic heterocycles. The van der Waals surface area contributed by atoms with Gasteiger partial charge in [-0.15, -0.1) is 11.8 Å². The topological polar surface area (TPSA) is 49.4 Å². The summed E-state index contributed by atoms with van der Waals surface area (Å²) in [5.41, 5.74) is 3.42. The molecule has 0 bridgehead atoms. The molecule has 0 aliphatic carbocycles. The second kappa shape index (κ2) is 4.61. The van der Waals surface area contributed by atoms with Crippen molar-refractivity contribution >= 4 is 35.0 Å². The number of anilines is 2.